The molecule has 0 saturated carbocycles. The van der Waals surface area contributed by atoms with E-state index in [1.54, 1.807) is 6.07 Å². The van der Waals surface area contributed by atoms with Crippen LogP contribution in [0.4, 0.5) is 15.8 Å². The van der Waals surface area contributed by atoms with Crippen LogP contribution in [0.25, 0.3) is 0 Å². The second-order valence-corrected chi connectivity index (χ2v) is 4.52. The molecular formula is C12H18FN3. The summed E-state index contributed by atoms with van der Waals surface area (Å²) in [6.45, 7) is 5.01. The molecule has 2 rings (SSSR count). The molecular weight excluding hydrogens is 205 g/mol. The number of halogens is 1. The summed E-state index contributed by atoms with van der Waals surface area (Å²) in [6, 6.07) is 5.22. The standard InChI is InChI=1S/C12H18FN3/c1-9-8-16(4-3-15(9)2)12-6-10(13)5-11(14)7-12/h5-7,9H,3-4,8,14H2,1-2H3. The minimum Gasteiger partial charge on any atom is -0.399 e. The molecule has 1 fully saturated rings. The highest BCUT2D eigenvalue weighted by atomic mass is 19.1. The molecule has 0 spiro atoms. The molecule has 1 aliphatic rings. The molecule has 16 heavy (non-hydrogen) atoms. The van der Waals surface area contributed by atoms with Crippen molar-refractivity contribution in [3.05, 3.63) is 24.0 Å². The highest BCUT2D eigenvalue weighted by molar-refractivity contribution is 5.56. The molecule has 3 nitrogen and oxygen atoms in total. The van der Waals surface area contributed by atoms with Crippen molar-refractivity contribution < 1.29 is 4.39 Å². The van der Waals surface area contributed by atoms with E-state index in [4.69, 9.17) is 5.73 Å². The highest BCUT2D eigenvalue weighted by Gasteiger charge is 2.21. The number of benzene rings is 1. The minimum atomic E-state index is -0.262. The summed E-state index contributed by atoms with van der Waals surface area (Å²) in [5, 5.41) is 0. The predicted octanol–water partition coefficient (Wildman–Crippen LogP) is 1.55. The van der Waals surface area contributed by atoms with Gasteiger partial charge in [0.25, 0.3) is 0 Å². The molecule has 0 aromatic heterocycles. The number of likely N-dealkylation sites (N-methyl/N-ethyl adjacent to an activating group) is 1. The Kier molecular flexibility index (Phi) is 3.01. The Morgan fingerprint density at radius 2 is 2.06 bits per heavy atom. The molecule has 1 atom stereocenters. The van der Waals surface area contributed by atoms with Gasteiger partial charge in [0.05, 0.1) is 0 Å². The van der Waals surface area contributed by atoms with Crippen LogP contribution >= 0.6 is 0 Å². The van der Waals surface area contributed by atoms with Gasteiger partial charge in [0.1, 0.15) is 5.82 Å². The van der Waals surface area contributed by atoms with Crippen molar-refractivity contribution in [1.29, 1.82) is 0 Å². The first-order chi connectivity index (χ1) is 7.56. The van der Waals surface area contributed by atoms with Crippen LogP contribution in [0.15, 0.2) is 18.2 Å². The molecule has 0 radical (unpaired) electrons. The Morgan fingerprint density at radius 1 is 1.31 bits per heavy atom. The topological polar surface area (TPSA) is 32.5 Å². The third-order valence-corrected chi connectivity index (χ3v) is 3.23. The number of nitrogen functional groups attached to an aromatic ring is 1. The van der Waals surface area contributed by atoms with Crippen LogP contribution in [-0.2, 0) is 0 Å². The molecule has 1 aromatic carbocycles. The summed E-state index contributed by atoms with van der Waals surface area (Å²) in [6.07, 6.45) is 0. The van der Waals surface area contributed by atoms with Gasteiger partial charge in [-0.05, 0) is 32.2 Å². The lowest BCUT2D eigenvalue weighted by Crippen LogP contribution is -2.50. The van der Waals surface area contributed by atoms with E-state index >= 15 is 0 Å². The van der Waals surface area contributed by atoms with E-state index in [1.165, 1.54) is 6.07 Å². The number of hydrogen-bond donors (Lipinski definition) is 1. The SMILES string of the molecule is CC1CN(c2cc(N)cc(F)c2)CCN1C. The lowest BCUT2D eigenvalue weighted by molar-refractivity contribution is 0.234. The second-order valence-electron chi connectivity index (χ2n) is 4.52. The average Bonchev–Trinajstić information content (AvgIpc) is 2.20. The Balaban J connectivity index is 2.18. The summed E-state index contributed by atoms with van der Waals surface area (Å²) < 4.78 is 13.2. The smallest absolute Gasteiger partial charge is 0.127 e. The number of rotatable bonds is 1. The van der Waals surface area contributed by atoms with Gasteiger partial charge in [-0.2, -0.15) is 0 Å². The molecule has 2 N–H and O–H groups in total. The van der Waals surface area contributed by atoms with E-state index in [-0.39, 0.29) is 5.82 Å². The number of nitrogens with two attached hydrogens (primary N) is 1. The maximum atomic E-state index is 13.2. The van der Waals surface area contributed by atoms with Crippen LogP contribution in [0.1, 0.15) is 6.92 Å². The second kappa shape index (κ2) is 4.29. The van der Waals surface area contributed by atoms with Crippen LogP contribution < -0.4 is 10.6 Å². The predicted molar refractivity (Wildman–Crippen MR) is 65.1 cm³/mol. The van der Waals surface area contributed by atoms with E-state index < -0.39 is 0 Å². The summed E-state index contributed by atoms with van der Waals surface area (Å²) in [5.74, 6) is -0.262. The maximum Gasteiger partial charge on any atom is 0.127 e. The zero-order chi connectivity index (χ0) is 11.7. The van der Waals surface area contributed by atoms with Gasteiger partial charge < -0.3 is 15.5 Å². The van der Waals surface area contributed by atoms with E-state index in [2.05, 4.69) is 23.8 Å². The molecule has 1 heterocycles. The third-order valence-electron chi connectivity index (χ3n) is 3.23. The third kappa shape index (κ3) is 2.27. The van der Waals surface area contributed by atoms with Gasteiger partial charge in [0, 0.05) is 37.1 Å². The summed E-state index contributed by atoms with van der Waals surface area (Å²) in [7, 11) is 2.11. The first-order valence-electron chi connectivity index (χ1n) is 5.57. The van der Waals surface area contributed by atoms with Crippen LogP contribution in [-0.4, -0.2) is 37.6 Å². The van der Waals surface area contributed by atoms with Crippen LogP contribution in [0.2, 0.25) is 0 Å². The van der Waals surface area contributed by atoms with Gasteiger partial charge in [-0.25, -0.2) is 4.39 Å². The Bertz CT molecular complexity index is 360. The van der Waals surface area contributed by atoms with Crippen molar-refractivity contribution in [3.8, 4) is 0 Å². The summed E-state index contributed by atoms with van der Waals surface area (Å²) in [4.78, 5) is 4.49. The van der Waals surface area contributed by atoms with Gasteiger partial charge in [-0.15, -0.1) is 0 Å². The number of nitrogens with zero attached hydrogens (tertiary/aromatic N) is 2. The van der Waals surface area contributed by atoms with Crippen molar-refractivity contribution in [3.63, 3.8) is 0 Å². The molecule has 0 aliphatic carbocycles. The molecule has 0 bridgehead atoms. The highest BCUT2D eigenvalue weighted by Crippen LogP contribution is 2.22. The molecule has 88 valence electrons. The van der Waals surface area contributed by atoms with Gasteiger partial charge in [0.2, 0.25) is 0 Å². The quantitative estimate of drug-likeness (QED) is 0.733. The summed E-state index contributed by atoms with van der Waals surface area (Å²) in [5.41, 5.74) is 7.03. The molecule has 1 unspecified atom stereocenters. The maximum absolute atomic E-state index is 13.2. The van der Waals surface area contributed by atoms with Crippen molar-refractivity contribution >= 4 is 11.4 Å². The van der Waals surface area contributed by atoms with Gasteiger partial charge in [-0.1, -0.05) is 0 Å². The fraction of sp³-hybridized carbons (Fsp3) is 0.500. The van der Waals surface area contributed by atoms with Crippen molar-refractivity contribution in [1.82, 2.24) is 4.90 Å². The van der Waals surface area contributed by atoms with Crippen LogP contribution in [0.5, 0.6) is 0 Å². The average molecular weight is 223 g/mol. The van der Waals surface area contributed by atoms with Crippen molar-refractivity contribution in [2.75, 3.05) is 37.3 Å². The van der Waals surface area contributed by atoms with E-state index in [0.29, 0.717) is 11.7 Å². The fourth-order valence-corrected chi connectivity index (χ4v) is 2.06. The molecule has 1 aromatic rings. The lowest BCUT2D eigenvalue weighted by atomic mass is 10.1. The van der Waals surface area contributed by atoms with E-state index in [1.807, 2.05) is 6.07 Å². The largest absolute Gasteiger partial charge is 0.399 e. The zero-order valence-electron chi connectivity index (χ0n) is 9.78. The lowest BCUT2D eigenvalue weighted by Gasteiger charge is -2.39. The van der Waals surface area contributed by atoms with Crippen LogP contribution in [0, 0.1) is 5.82 Å². The molecule has 1 saturated heterocycles. The molecule has 1 aliphatic heterocycles. The minimum absolute atomic E-state index is 0.262. The normalized spacial score (nSPS) is 22.4. The summed E-state index contributed by atoms with van der Waals surface area (Å²) >= 11 is 0. The number of piperazine rings is 1. The van der Waals surface area contributed by atoms with E-state index in [0.717, 1.165) is 25.3 Å². The van der Waals surface area contributed by atoms with Crippen molar-refractivity contribution in [2.24, 2.45) is 0 Å². The monoisotopic (exact) mass is 223 g/mol. The Morgan fingerprint density at radius 3 is 2.69 bits per heavy atom. The van der Waals surface area contributed by atoms with E-state index in [9.17, 15) is 4.39 Å². The Hall–Kier alpha value is -1.29. The molecule has 4 heteroatoms. The van der Waals surface area contributed by atoms with Gasteiger partial charge in [0.15, 0.2) is 0 Å². The van der Waals surface area contributed by atoms with Crippen molar-refractivity contribution in [2.45, 2.75) is 13.0 Å². The van der Waals surface area contributed by atoms with Gasteiger partial charge in [-0.3, -0.25) is 0 Å². The zero-order valence-corrected chi connectivity index (χ0v) is 9.78. The van der Waals surface area contributed by atoms with Crippen LogP contribution in [0.3, 0.4) is 0 Å². The van der Waals surface area contributed by atoms with Gasteiger partial charge >= 0.3 is 0 Å². The first-order valence-corrected chi connectivity index (χ1v) is 5.57. The fourth-order valence-electron chi connectivity index (χ4n) is 2.06. The Labute approximate surface area is 95.6 Å². The number of hydrogen-bond acceptors (Lipinski definition) is 3. The molecule has 0 amide bonds. The first kappa shape index (κ1) is 11.2. The number of anilines is 2.